The van der Waals surface area contributed by atoms with Crippen LogP contribution >= 0.6 is 27.3 Å². The molecular formula is C13H8BrF3O2S. The summed E-state index contributed by atoms with van der Waals surface area (Å²) in [6, 6.07) is 5.97. The van der Waals surface area contributed by atoms with E-state index in [9.17, 15) is 18.0 Å². The fourth-order valence-corrected chi connectivity index (χ4v) is 2.97. The second-order valence-electron chi connectivity index (χ2n) is 3.83. The summed E-state index contributed by atoms with van der Waals surface area (Å²) in [5.74, 6) is -0.00852. The number of carbonyl (C=O) groups excluding carboxylic acids is 1. The molecule has 0 amide bonds. The molecule has 1 aromatic heterocycles. The number of carbonyl (C=O) groups is 1. The SMILES string of the molecule is O=C(COc1ccc(C(F)(F)F)cc1)c1sccc1Br. The van der Waals surface area contributed by atoms with Crippen molar-refractivity contribution in [2.24, 2.45) is 0 Å². The van der Waals surface area contributed by atoms with Gasteiger partial charge in [-0.25, -0.2) is 0 Å². The first kappa shape index (κ1) is 15.1. The molecule has 0 aliphatic rings. The van der Waals surface area contributed by atoms with Gasteiger partial charge in [-0.15, -0.1) is 11.3 Å². The Kier molecular flexibility index (Phi) is 4.49. The van der Waals surface area contributed by atoms with Crippen LogP contribution in [-0.4, -0.2) is 12.4 Å². The Morgan fingerprint density at radius 1 is 1.20 bits per heavy atom. The summed E-state index contributed by atoms with van der Waals surface area (Å²) in [5.41, 5.74) is -0.753. The molecule has 2 nitrogen and oxygen atoms in total. The first-order valence-electron chi connectivity index (χ1n) is 5.44. The molecule has 0 fully saturated rings. The van der Waals surface area contributed by atoms with Crippen molar-refractivity contribution in [3.8, 4) is 5.75 Å². The predicted molar refractivity (Wildman–Crippen MR) is 73.3 cm³/mol. The number of ether oxygens (including phenoxy) is 1. The highest BCUT2D eigenvalue weighted by atomic mass is 79.9. The molecule has 0 aliphatic heterocycles. The van der Waals surface area contributed by atoms with E-state index in [2.05, 4.69) is 15.9 Å². The van der Waals surface area contributed by atoms with Crippen LogP contribution in [0.4, 0.5) is 13.2 Å². The van der Waals surface area contributed by atoms with Crippen LogP contribution in [0.15, 0.2) is 40.2 Å². The number of alkyl halides is 3. The molecule has 0 atom stereocenters. The zero-order valence-corrected chi connectivity index (χ0v) is 12.3. The number of benzene rings is 1. The van der Waals surface area contributed by atoms with Crippen molar-refractivity contribution in [1.29, 1.82) is 0 Å². The van der Waals surface area contributed by atoms with Gasteiger partial charge in [-0.1, -0.05) is 0 Å². The Labute approximate surface area is 125 Å². The molecular weight excluding hydrogens is 357 g/mol. The molecule has 2 aromatic rings. The Bertz CT molecular complexity index is 605. The molecule has 106 valence electrons. The topological polar surface area (TPSA) is 26.3 Å². The smallest absolute Gasteiger partial charge is 0.416 e. The van der Waals surface area contributed by atoms with Crippen LogP contribution in [-0.2, 0) is 6.18 Å². The predicted octanol–water partition coefficient (Wildman–Crippen LogP) is 4.79. The zero-order valence-electron chi connectivity index (χ0n) is 9.91. The Morgan fingerprint density at radius 3 is 2.35 bits per heavy atom. The normalized spacial score (nSPS) is 11.4. The number of hydrogen-bond donors (Lipinski definition) is 0. The molecule has 0 radical (unpaired) electrons. The van der Waals surface area contributed by atoms with E-state index < -0.39 is 11.7 Å². The van der Waals surface area contributed by atoms with Gasteiger partial charge in [0, 0.05) is 4.47 Å². The van der Waals surface area contributed by atoms with E-state index in [0.717, 1.165) is 12.1 Å². The molecule has 20 heavy (non-hydrogen) atoms. The zero-order chi connectivity index (χ0) is 14.8. The van der Waals surface area contributed by atoms with Gasteiger partial charge in [-0.05, 0) is 51.6 Å². The van der Waals surface area contributed by atoms with Gasteiger partial charge in [-0.3, -0.25) is 4.79 Å². The van der Waals surface area contributed by atoms with Crippen LogP contribution in [0.5, 0.6) is 5.75 Å². The molecule has 0 saturated carbocycles. The number of thiophene rings is 1. The van der Waals surface area contributed by atoms with E-state index in [4.69, 9.17) is 4.74 Å². The second kappa shape index (κ2) is 5.97. The minimum absolute atomic E-state index is 0.218. The average molecular weight is 365 g/mol. The van der Waals surface area contributed by atoms with Crippen molar-refractivity contribution in [3.63, 3.8) is 0 Å². The van der Waals surface area contributed by atoms with E-state index in [1.165, 1.54) is 23.5 Å². The van der Waals surface area contributed by atoms with Gasteiger partial charge >= 0.3 is 6.18 Å². The van der Waals surface area contributed by atoms with Crippen LogP contribution < -0.4 is 4.74 Å². The third kappa shape index (κ3) is 3.61. The number of hydrogen-bond acceptors (Lipinski definition) is 3. The molecule has 1 heterocycles. The largest absolute Gasteiger partial charge is 0.485 e. The fourth-order valence-electron chi connectivity index (χ4n) is 1.45. The minimum atomic E-state index is -4.38. The lowest BCUT2D eigenvalue weighted by molar-refractivity contribution is -0.137. The van der Waals surface area contributed by atoms with Crippen LogP contribution in [0.25, 0.3) is 0 Å². The third-order valence-electron chi connectivity index (χ3n) is 2.42. The standard InChI is InChI=1S/C13H8BrF3O2S/c14-10-5-6-20-12(10)11(18)7-19-9-3-1-8(2-4-9)13(15,16)17/h1-6H,7H2. The maximum atomic E-state index is 12.4. The van der Waals surface area contributed by atoms with E-state index in [1.807, 2.05) is 0 Å². The first-order valence-corrected chi connectivity index (χ1v) is 7.11. The summed E-state index contributed by atoms with van der Waals surface area (Å²) < 4.78 is 43.0. The van der Waals surface area contributed by atoms with E-state index in [0.29, 0.717) is 9.35 Å². The molecule has 7 heteroatoms. The van der Waals surface area contributed by atoms with Crippen molar-refractivity contribution in [2.45, 2.75) is 6.18 Å². The molecule has 2 rings (SSSR count). The maximum absolute atomic E-state index is 12.4. The lowest BCUT2D eigenvalue weighted by atomic mass is 10.2. The van der Waals surface area contributed by atoms with Crippen molar-refractivity contribution in [3.05, 3.63) is 50.6 Å². The highest BCUT2D eigenvalue weighted by molar-refractivity contribution is 9.10. The van der Waals surface area contributed by atoms with Gasteiger partial charge in [-0.2, -0.15) is 13.2 Å². The molecule has 0 spiro atoms. The maximum Gasteiger partial charge on any atom is 0.416 e. The second-order valence-corrected chi connectivity index (χ2v) is 5.60. The molecule has 0 N–H and O–H groups in total. The molecule has 0 bridgehead atoms. The van der Waals surface area contributed by atoms with Gasteiger partial charge in [0.05, 0.1) is 10.4 Å². The summed E-state index contributed by atoms with van der Waals surface area (Å²) in [5, 5.41) is 1.76. The lowest BCUT2D eigenvalue weighted by Crippen LogP contribution is -2.11. The number of ketones is 1. The van der Waals surface area contributed by atoms with E-state index in [-0.39, 0.29) is 18.1 Å². The number of rotatable bonds is 4. The Morgan fingerprint density at radius 2 is 1.85 bits per heavy atom. The van der Waals surface area contributed by atoms with Crippen LogP contribution in [0.1, 0.15) is 15.2 Å². The quantitative estimate of drug-likeness (QED) is 0.729. The van der Waals surface area contributed by atoms with Gasteiger partial charge < -0.3 is 4.74 Å². The highest BCUT2D eigenvalue weighted by Crippen LogP contribution is 2.30. The summed E-state index contributed by atoms with van der Waals surface area (Å²) in [6.45, 7) is -0.218. The number of halogens is 4. The van der Waals surface area contributed by atoms with Crippen molar-refractivity contribution in [2.75, 3.05) is 6.61 Å². The third-order valence-corrected chi connectivity index (χ3v) is 4.30. The average Bonchev–Trinajstić information content (AvgIpc) is 2.82. The van der Waals surface area contributed by atoms with Crippen molar-refractivity contribution >= 4 is 33.0 Å². The summed E-state index contributed by atoms with van der Waals surface area (Å²) >= 11 is 4.51. The van der Waals surface area contributed by atoms with Crippen molar-refractivity contribution < 1.29 is 22.7 Å². The van der Waals surface area contributed by atoms with Crippen LogP contribution in [0, 0.1) is 0 Å². The fraction of sp³-hybridized carbons (Fsp3) is 0.154. The highest BCUT2D eigenvalue weighted by Gasteiger charge is 2.30. The lowest BCUT2D eigenvalue weighted by Gasteiger charge is -2.08. The summed E-state index contributed by atoms with van der Waals surface area (Å²) in [4.78, 5) is 12.3. The monoisotopic (exact) mass is 364 g/mol. The van der Waals surface area contributed by atoms with Gasteiger partial charge in [0.15, 0.2) is 6.61 Å². The van der Waals surface area contributed by atoms with Gasteiger partial charge in [0.1, 0.15) is 5.75 Å². The molecule has 0 aliphatic carbocycles. The van der Waals surface area contributed by atoms with E-state index in [1.54, 1.807) is 11.4 Å². The Hall–Kier alpha value is -1.34. The van der Waals surface area contributed by atoms with Crippen molar-refractivity contribution in [1.82, 2.24) is 0 Å². The number of Topliss-reactive ketones (excluding diaryl/α,β-unsaturated/α-hetero) is 1. The van der Waals surface area contributed by atoms with Crippen LogP contribution in [0.2, 0.25) is 0 Å². The molecule has 0 saturated heterocycles. The van der Waals surface area contributed by atoms with Crippen LogP contribution in [0.3, 0.4) is 0 Å². The molecule has 1 aromatic carbocycles. The Balaban J connectivity index is 1.98. The first-order chi connectivity index (χ1) is 9.38. The summed E-state index contributed by atoms with van der Waals surface area (Å²) in [7, 11) is 0. The minimum Gasteiger partial charge on any atom is -0.485 e. The summed E-state index contributed by atoms with van der Waals surface area (Å²) in [6.07, 6.45) is -4.38. The van der Waals surface area contributed by atoms with Gasteiger partial charge in [0.2, 0.25) is 5.78 Å². The van der Waals surface area contributed by atoms with E-state index >= 15 is 0 Å². The molecule has 0 unspecified atom stereocenters. The van der Waals surface area contributed by atoms with Gasteiger partial charge in [0.25, 0.3) is 0 Å².